The fourth-order valence-electron chi connectivity index (χ4n) is 0.808. The lowest BCUT2D eigenvalue weighted by Crippen LogP contribution is -2.05. The Bertz CT molecular complexity index is 273. The Morgan fingerprint density at radius 2 is 2.07 bits per heavy atom. The third-order valence-electron chi connectivity index (χ3n) is 2.09. The Morgan fingerprint density at radius 3 is 2.57 bits per heavy atom. The molecule has 1 rings (SSSR count). The fraction of sp³-hybridized carbons (Fsp3) is 0.778. The maximum atomic E-state index is 4.10. The predicted molar refractivity (Wildman–Crippen MR) is 65.1 cm³/mol. The van der Waals surface area contributed by atoms with Crippen LogP contribution in [-0.4, -0.2) is 22.5 Å². The first-order valence-electron chi connectivity index (χ1n) is 4.75. The molecule has 1 N–H and O–H groups in total. The van der Waals surface area contributed by atoms with Gasteiger partial charge in [-0.15, -0.1) is 10.2 Å². The van der Waals surface area contributed by atoms with Gasteiger partial charge in [-0.3, -0.25) is 0 Å². The molecule has 0 bridgehead atoms. The molecule has 1 unspecified atom stereocenters. The van der Waals surface area contributed by atoms with E-state index < -0.39 is 0 Å². The summed E-state index contributed by atoms with van der Waals surface area (Å²) in [6.07, 6.45) is 0. The number of hydrogen-bond donors (Lipinski definition) is 1. The highest BCUT2D eigenvalue weighted by Crippen LogP contribution is 2.25. The molecule has 80 valence electrons. The summed E-state index contributed by atoms with van der Waals surface area (Å²) >= 11 is 3.57. The molecule has 0 aliphatic carbocycles. The maximum Gasteiger partial charge on any atom is 0.205 e. The van der Waals surface area contributed by atoms with Crippen molar-refractivity contribution < 1.29 is 0 Å². The molecule has 0 aliphatic heterocycles. The highest BCUT2D eigenvalue weighted by atomic mass is 32.2. The standard InChI is InChI=1S/C9H17N3S2/c1-6(2)7(3)13-5-8-11-12-9(10-4)14-8/h6-7H,5H2,1-4H3,(H,10,12). The van der Waals surface area contributed by atoms with Gasteiger partial charge in [-0.1, -0.05) is 32.1 Å². The Morgan fingerprint density at radius 1 is 1.36 bits per heavy atom. The zero-order valence-electron chi connectivity index (χ0n) is 9.07. The van der Waals surface area contributed by atoms with E-state index in [1.807, 2.05) is 18.8 Å². The molecule has 3 nitrogen and oxygen atoms in total. The van der Waals surface area contributed by atoms with Crippen LogP contribution in [0.4, 0.5) is 5.13 Å². The second-order valence-electron chi connectivity index (χ2n) is 3.51. The van der Waals surface area contributed by atoms with E-state index in [1.54, 1.807) is 11.3 Å². The SMILES string of the molecule is CNc1nnc(CSC(C)C(C)C)s1. The average Bonchev–Trinajstić information content (AvgIpc) is 2.61. The minimum Gasteiger partial charge on any atom is -0.363 e. The molecule has 0 spiro atoms. The Kier molecular flexibility index (Phi) is 4.68. The first-order chi connectivity index (χ1) is 6.63. The third-order valence-corrected chi connectivity index (χ3v) is 4.72. The molecule has 1 aromatic heterocycles. The van der Waals surface area contributed by atoms with Crippen molar-refractivity contribution >= 4 is 28.2 Å². The van der Waals surface area contributed by atoms with E-state index in [2.05, 4.69) is 36.3 Å². The highest BCUT2D eigenvalue weighted by molar-refractivity contribution is 7.99. The fourth-order valence-corrected chi connectivity index (χ4v) is 2.58. The highest BCUT2D eigenvalue weighted by Gasteiger charge is 2.09. The van der Waals surface area contributed by atoms with Crippen molar-refractivity contribution in [2.24, 2.45) is 5.92 Å². The molecule has 1 aromatic rings. The monoisotopic (exact) mass is 231 g/mol. The number of aromatic nitrogens is 2. The minimum absolute atomic E-state index is 0.678. The lowest BCUT2D eigenvalue weighted by atomic mass is 10.2. The van der Waals surface area contributed by atoms with Gasteiger partial charge >= 0.3 is 0 Å². The van der Waals surface area contributed by atoms with Crippen LogP contribution >= 0.6 is 23.1 Å². The van der Waals surface area contributed by atoms with Crippen LogP contribution in [0.5, 0.6) is 0 Å². The van der Waals surface area contributed by atoms with E-state index in [4.69, 9.17) is 0 Å². The van der Waals surface area contributed by atoms with Gasteiger partial charge in [0.1, 0.15) is 5.01 Å². The number of anilines is 1. The van der Waals surface area contributed by atoms with Gasteiger partial charge in [-0.05, 0) is 5.92 Å². The first kappa shape index (κ1) is 11.8. The van der Waals surface area contributed by atoms with Crippen molar-refractivity contribution in [3.63, 3.8) is 0 Å². The van der Waals surface area contributed by atoms with Crippen LogP contribution in [0.3, 0.4) is 0 Å². The molecular weight excluding hydrogens is 214 g/mol. The smallest absolute Gasteiger partial charge is 0.205 e. The van der Waals surface area contributed by atoms with E-state index >= 15 is 0 Å². The van der Waals surface area contributed by atoms with Crippen molar-refractivity contribution in [3.05, 3.63) is 5.01 Å². The minimum atomic E-state index is 0.678. The van der Waals surface area contributed by atoms with Crippen LogP contribution in [0.2, 0.25) is 0 Å². The summed E-state index contributed by atoms with van der Waals surface area (Å²) in [5.41, 5.74) is 0. The summed E-state index contributed by atoms with van der Waals surface area (Å²) in [5, 5.41) is 13.8. The second kappa shape index (κ2) is 5.56. The molecule has 0 aliphatic rings. The Hall–Kier alpha value is -0.290. The van der Waals surface area contributed by atoms with Gasteiger partial charge in [-0.2, -0.15) is 11.8 Å². The van der Waals surface area contributed by atoms with Crippen LogP contribution < -0.4 is 5.32 Å². The molecule has 0 saturated heterocycles. The van der Waals surface area contributed by atoms with E-state index in [0.717, 1.165) is 21.8 Å². The summed E-state index contributed by atoms with van der Waals surface area (Å²) in [4.78, 5) is 0. The van der Waals surface area contributed by atoms with Crippen LogP contribution in [0.25, 0.3) is 0 Å². The van der Waals surface area contributed by atoms with Crippen LogP contribution in [0, 0.1) is 5.92 Å². The molecule has 14 heavy (non-hydrogen) atoms. The van der Waals surface area contributed by atoms with Crippen LogP contribution in [-0.2, 0) is 5.75 Å². The summed E-state index contributed by atoms with van der Waals surface area (Å²) in [7, 11) is 1.87. The zero-order valence-corrected chi connectivity index (χ0v) is 10.7. The van der Waals surface area contributed by atoms with E-state index in [0.29, 0.717) is 5.25 Å². The second-order valence-corrected chi connectivity index (χ2v) is 5.94. The van der Waals surface area contributed by atoms with Crippen molar-refractivity contribution in [2.75, 3.05) is 12.4 Å². The van der Waals surface area contributed by atoms with Gasteiger partial charge in [-0.25, -0.2) is 0 Å². The van der Waals surface area contributed by atoms with E-state index in [9.17, 15) is 0 Å². The summed E-state index contributed by atoms with van der Waals surface area (Å²) < 4.78 is 0. The van der Waals surface area contributed by atoms with Crippen molar-refractivity contribution in [3.8, 4) is 0 Å². The zero-order chi connectivity index (χ0) is 10.6. The largest absolute Gasteiger partial charge is 0.363 e. The van der Waals surface area contributed by atoms with Crippen molar-refractivity contribution in [1.82, 2.24) is 10.2 Å². The molecule has 0 aromatic carbocycles. The molecule has 0 amide bonds. The van der Waals surface area contributed by atoms with Gasteiger partial charge in [0, 0.05) is 18.1 Å². The summed E-state index contributed by atoms with van der Waals surface area (Å²) in [6.45, 7) is 6.75. The van der Waals surface area contributed by atoms with Gasteiger partial charge in [0.15, 0.2) is 0 Å². The van der Waals surface area contributed by atoms with Gasteiger partial charge in [0.2, 0.25) is 5.13 Å². The number of nitrogens with one attached hydrogen (secondary N) is 1. The van der Waals surface area contributed by atoms with Crippen molar-refractivity contribution in [2.45, 2.75) is 31.8 Å². The summed E-state index contributed by atoms with van der Waals surface area (Å²) in [5.74, 6) is 1.69. The average molecular weight is 231 g/mol. The Balaban J connectivity index is 2.37. The lowest BCUT2D eigenvalue weighted by Gasteiger charge is -2.13. The number of thioether (sulfide) groups is 1. The molecule has 0 saturated carbocycles. The lowest BCUT2D eigenvalue weighted by molar-refractivity contribution is 0.642. The van der Waals surface area contributed by atoms with Gasteiger partial charge in [0.25, 0.3) is 0 Å². The van der Waals surface area contributed by atoms with Crippen LogP contribution in [0.15, 0.2) is 0 Å². The number of rotatable bonds is 5. The normalized spacial score (nSPS) is 13.2. The van der Waals surface area contributed by atoms with Gasteiger partial charge < -0.3 is 5.32 Å². The molecular formula is C9H17N3S2. The predicted octanol–water partition coefficient (Wildman–Crippen LogP) is 2.86. The quantitative estimate of drug-likeness (QED) is 0.845. The summed E-state index contributed by atoms with van der Waals surface area (Å²) in [6, 6.07) is 0. The van der Waals surface area contributed by atoms with Crippen molar-refractivity contribution in [1.29, 1.82) is 0 Å². The third kappa shape index (κ3) is 3.46. The Labute approximate surface area is 93.7 Å². The molecule has 0 fully saturated rings. The maximum absolute atomic E-state index is 4.10. The van der Waals surface area contributed by atoms with Gasteiger partial charge in [0.05, 0.1) is 0 Å². The molecule has 0 radical (unpaired) electrons. The molecule has 1 heterocycles. The topological polar surface area (TPSA) is 37.8 Å². The number of hydrogen-bond acceptors (Lipinski definition) is 5. The first-order valence-corrected chi connectivity index (χ1v) is 6.61. The molecule has 5 heteroatoms. The molecule has 1 atom stereocenters. The number of nitrogens with zero attached hydrogens (tertiary/aromatic N) is 2. The van der Waals surface area contributed by atoms with E-state index in [-0.39, 0.29) is 0 Å². The van der Waals surface area contributed by atoms with E-state index in [1.165, 1.54) is 0 Å². The van der Waals surface area contributed by atoms with Crippen LogP contribution in [0.1, 0.15) is 25.8 Å².